The van der Waals surface area contributed by atoms with Gasteiger partial charge in [-0.25, -0.2) is 4.79 Å². The van der Waals surface area contributed by atoms with E-state index in [9.17, 15) is 4.79 Å². The van der Waals surface area contributed by atoms with Crippen molar-refractivity contribution in [2.24, 2.45) is 0 Å². The zero-order chi connectivity index (χ0) is 19.1. The number of nitrogens with zero attached hydrogens (tertiary/aromatic N) is 3. The number of hydrogen-bond acceptors (Lipinski definition) is 4. The number of carbonyl (C=O) groups is 1. The van der Waals surface area contributed by atoms with Gasteiger partial charge in [-0.3, -0.25) is 0 Å². The van der Waals surface area contributed by atoms with E-state index in [0.29, 0.717) is 25.2 Å². The van der Waals surface area contributed by atoms with E-state index >= 15 is 0 Å². The number of anilines is 1. The Labute approximate surface area is 160 Å². The Balaban J connectivity index is 1.45. The molecule has 6 nitrogen and oxygen atoms in total. The van der Waals surface area contributed by atoms with Crippen LogP contribution in [0.4, 0.5) is 10.5 Å². The predicted molar refractivity (Wildman–Crippen MR) is 105 cm³/mol. The number of nitriles is 1. The molecule has 2 aromatic rings. The van der Waals surface area contributed by atoms with Gasteiger partial charge >= 0.3 is 6.03 Å². The lowest BCUT2D eigenvalue weighted by Gasteiger charge is -2.36. The van der Waals surface area contributed by atoms with Crippen LogP contribution in [0, 0.1) is 11.3 Å². The molecule has 140 valence electrons. The fraction of sp³-hybridized carbons (Fsp3) is 0.333. The highest BCUT2D eigenvalue weighted by molar-refractivity contribution is 5.74. The molecule has 0 radical (unpaired) electrons. The van der Waals surface area contributed by atoms with E-state index in [2.05, 4.69) is 16.3 Å². The molecule has 6 heteroatoms. The van der Waals surface area contributed by atoms with E-state index in [1.54, 1.807) is 13.2 Å². The van der Waals surface area contributed by atoms with Crippen LogP contribution < -0.4 is 15.0 Å². The number of urea groups is 1. The lowest BCUT2D eigenvalue weighted by molar-refractivity contribution is 0.194. The van der Waals surface area contributed by atoms with Gasteiger partial charge in [0.2, 0.25) is 0 Å². The summed E-state index contributed by atoms with van der Waals surface area (Å²) in [5.41, 5.74) is 2.83. The highest BCUT2D eigenvalue weighted by atomic mass is 16.5. The van der Waals surface area contributed by atoms with Gasteiger partial charge in [0.25, 0.3) is 0 Å². The minimum Gasteiger partial charge on any atom is -0.497 e. The molecule has 0 bridgehead atoms. The molecule has 0 aromatic heterocycles. The summed E-state index contributed by atoms with van der Waals surface area (Å²) < 4.78 is 5.22. The van der Waals surface area contributed by atoms with Gasteiger partial charge in [0, 0.05) is 38.4 Å². The number of nitrogens with one attached hydrogen (secondary N) is 1. The topological polar surface area (TPSA) is 68.6 Å². The molecule has 0 atom stereocenters. The Bertz CT molecular complexity index is 823. The Morgan fingerprint density at radius 3 is 2.67 bits per heavy atom. The average Bonchev–Trinajstić information content (AvgIpc) is 2.74. The molecule has 0 saturated carbocycles. The molecule has 1 aliphatic heterocycles. The maximum Gasteiger partial charge on any atom is 0.317 e. The van der Waals surface area contributed by atoms with Crippen LogP contribution in [0.3, 0.4) is 0 Å². The van der Waals surface area contributed by atoms with Crippen molar-refractivity contribution in [2.75, 3.05) is 44.7 Å². The quantitative estimate of drug-likeness (QED) is 0.886. The van der Waals surface area contributed by atoms with Gasteiger partial charge in [-0.1, -0.05) is 18.2 Å². The number of piperazine rings is 1. The smallest absolute Gasteiger partial charge is 0.317 e. The monoisotopic (exact) mass is 364 g/mol. The summed E-state index contributed by atoms with van der Waals surface area (Å²) in [5, 5.41) is 12.0. The number of ether oxygens (including phenoxy) is 1. The van der Waals surface area contributed by atoms with E-state index < -0.39 is 0 Å². The predicted octanol–water partition coefficient (Wildman–Crippen LogP) is 2.64. The summed E-state index contributed by atoms with van der Waals surface area (Å²) in [7, 11) is 1.65. The second-order valence-electron chi connectivity index (χ2n) is 6.47. The number of carbonyl (C=O) groups excluding carboxylic acids is 1. The van der Waals surface area contributed by atoms with Crippen molar-refractivity contribution in [3.05, 3.63) is 59.7 Å². The minimum absolute atomic E-state index is 0.0247. The molecular formula is C21H24N4O2. The molecule has 1 heterocycles. The van der Waals surface area contributed by atoms with Gasteiger partial charge < -0.3 is 19.9 Å². The van der Waals surface area contributed by atoms with Crippen LogP contribution in [-0.4, -0.2) is 50.8 Å². The third-order valence-electron chi connectivity index (χ3n) is 4.73. The molecule has 27 heavy (non-hydrogen) atoms. The first-order valence-electron chi connectivity index (χ1n) is 9.10. The van der Waals surface area contributed by atoms with Gasteiger partial charge in [-0.2, -0.15) is 5.26 Å². The van der Waals surface area contributed by atoms with E-state index in [-0.39, 0.29) is 6.03 Å². The summed E-state index contributed by atoms with van der Waals surface area (Å²) in [6.45, 7) is 3.45. The zero-order valence-corrected chi connectivity index (χ0v) is 15.5. The number of methoxy groups -OCH3 is 1. The van der Waals surface area contributed by atoms with Crippen molar-refractivity contribution < 1.29 is 9.53 Å². The van der Waals surface area contributed by atoms with Crippen LogP contribution in [0.25, 0.3) is 0 Å². The molecule has 0 spiro atoms. The molecular weight excluding hydrogens is 340 g/mol. The fourth-order valence-electron chi connectivity index (χ4n) is 3.19. The second-order valence-corrected chi connectivity index (χ2v) is 6.47. The van der Waals surface area contributed by atoms with Gasteiger partial charge in [0.15, 0.2) is 0 Å². The van der Waals surface area contributed by atoms with Gasteiger partial charge in [-0.15, -0.1) is 0 Å². The summed E-state index contributed by atoms with van der Waals surface area (Å²) in [6, 6.07) is 17.6. The normalized spacial score (nSPS) is 13.8. The van der Waals surface area contributed by atoms with E-state index in [1.165, 1.54) is 0 Å². The Morgan fingerprint density at radius 1 is 1.15 bits per heavy atom. The molecule has 1 aliphatic rings. The van der Waals surface area contributed by atoms with Gasteiger partial charge in [0.05, 0.1) is 18.7 Å². The molecule has 0 aliphatic carbocycles. The van der Waals surface area contributed by atoms with Crippen LogP contribution in [0.1, 0.15) is 11.1 Å². The summed E-state index contributed by atoms with van der Waals surface area (Å²) >= 11 is 0. The Kier molecular flexibility index (Phi) is 6.16. The summed E-state index contributed by atoms with van der Waals surface area (Å²) in [6.07, 6.45) is 0.768. The molecule has 1 N–H and O–H groups in total. The Morgan fingerprint density at radius 2 is 1.93 bits per heavy atom. The van der Waals surface area contributed by atoms with Gasteiger partial charge in [0.1, 0.15) is 5.75 Å². The first-order chi connectivity index (χ1) is 13.2. The molecule has 2 aromatic carbocycles. The molecule has 0 unspecified atom stereocenters. The average molecular weight is 364 g/mol. The minimum atomic E-state index is -0.0247. The van der Waals surface area contributed by atoms with Crippen molar-refractivity contribution >= 4 is 11.7 Å². The second kappa shape index (κ2) is 8.95. The third-order valence-corrected chi connectivity index (χ3v) is 4.73. The largest absolute Gasteiger partial charge is 0.497 e. The Hall–Kier alpha value is -3.20. The molecule has 2 amide bonds. The van der Waals surface area contributed by atoms with Crippen molar-refractivity contribution in [3.8, 4) is 11.8 Å². The van der Waals surface area contributed by atoms with Crippen molar-refractivity contribution in [2.45, 2.75) is 6.42 Å². The van der Waals surface area contributed by atoms with Gasteiger partial charge in [-0.05, 0) is 42.3 Å². The maximum atomic E-state index is 12.4. The number of benzene rings is 2. The highest BCUT2D eigenvalue weighted by Gasteiger charge is 2.21. The van der Waals surface area contributed by atoms with Crippen LogP contribution in [0.15, 0.2) is 48.5 Å². The van der Waals surface area contributed by atoms with Crippen molar-refractivity contribution in [1.29, 1.82) is 5.26 Å². The highest BCUT2D eigenvalue weighted by Crippen LogP contribution is 2.18. The van der Waals surface area contributed by atoms with Crippen LogP contribution in [0.5, 0.6) is 5.75 Å². The maximum absolute atomic E-state index is 12.4. The fourth-order valence-corrected chi connectivity index (χ4v) is 3.19. The number of amides is 2. The van der Waals surface area contributed by atoms with Crippen LogP contribution in [0.2, 0.25) is 0 Å². The standard InChI is InChI=1S/C21H24N4O2/c1-27-20-7-3-4-17(15-20)8-9-23-21(26)25-12-10-24(11-13-25)19-6-2-5-18(14-19)16-22/h2-7,14-15H,8-13H2,1H3,(H,23,26). The first kappa shape index (κ1) is 18.6. The SMILES string of the molecule is COc1cccc(CCNC(=O)N2CCN(c3cccc(C#N)c3)CC2)c1. The van der Waals surface area contributed by atoms with Crippen molar-refractivity contribution in [1.82, 2.24) is 10.2 Å². The van der Waals surface area contributed by atoms with E-state index in [4.69, 9.17) is 10.00 Å². The van der Waals surface area contributed by atoms with Crippen LogP contribution in [-0.2, 0) is 6.42 Å². The summed E-state index contributed by atoms with van der Waals surface area (Å²) in [5.74, 6) is 0.829. The number of hydrogen-bond donors (Lipinski definition) is 1. The zero-order valence-electron chi connectivity index (χ0n) is 15.5. The molecule has 1 saturated heterocycles. The lowest BCUT2D eigenvalue weighted by Crippen LogP contribution is -2.52. The van der Waals surface area contributed by atoms with Crippen molar-refractivity contribution in [3.63, 3.8) is 0 Å². The van der Waals surface area contributed by atoms with Crippen LogP contribution >= 0.6 is 0 Å². The molecule has 1 fully saturated rings. The first-order valence-corrected chi connectivity index (χ1v) is 9.10. The third kappa shape index (κ3) is 4.91. The van der Waals surface area contributed by atoms with E-state index in [0.717, 1.165) is 36.5 Å². The van der Waals surface area contributed by atoms with E-state index in [1.807, 2.05) is 47.4 Å². The summed E-state index contributed by atoms with van der Waals surface area (Å²) in [4.78, 5) is 16.4. The molecule has 3 rings (SSSR count). The number of rotatable bonds is 5. The lowest BCUT2D eigenvalue weighted by atomic mass is 10.1.